The van der Waals surface area contributed by atoms with Gasteiger partial charge in [-0.1, -0.05) is 30.3 Å². The molecule has 0 aromatic heterocycles. The molecule has 2 N–H and O–H groups in total. The highest BCUT2D eigenvalue weighted by molar-refractivity contribution is 5.88. The van der Waals surface area contributed by atoms with E-state index in [-0.39, 0.29) is 13.0 Å². The number of nitrogens with one attached hydrogen (secondary N) is 1. The third-order valence-corrected chi connectivity index (χ3v) is 4.37. The van der Waals surface area contributed by atoms with Gasteiger partial charge in [0.1, 0.15) is 12.7 Å². The second-order valence-electron chi connectivity index (χ2n) is 6.83. The van der Waals surface area contributed by atoms with Crippen LogP contribution in [0.4, 0.5) is 0 Å². The minimum Gasteiger partial charge on any atom is -0.459 e. The third kappa shape index (κ3) is 6.37. The van der Waals surface area contributed by atoms with Crippen molar-refractivity contribution in [1.29, 1.82) is 0 Å². The van der Waals surface area contributed by atoms with Crippen LogP contribution in [0.1, 0.15) is 32.8 Å². The van der Waals surface area contributed by atoms with Gasteiger partial charge >= 0.3 is 11.9 Å². The van der Waals surface area contributed by atoms with Gasteiger partial charge in [-0.3, -0.25) is 14.4 Å². The Labute approximate surface area is 168 Å². The molecule has 0 aliphatic heterocycles. The summed E-state index contributed by atoms with van der Waals surface area (Å²) in [6.07, 6.45) is -5.34. The van der Waals surface area contributed by atoms with Crippen LogP contribution in [0.15, 0.2) is 30.3 Å². The number of carbonyl (C=O) groups is 4. The van der Waals surface area contributed by atoms with Crippen LogP contribution >= 0.6 is 0 Å². The number of ether oxygens (including phenoxy) is 3. The summed E-state index contributed by atoms with van der Waals surface area (Å²) in [6.45, 7) is 3.80. The van der Waals surface area contributed by atoms with Crippen molar-refractivity contribution < 1.29 is 38.5 Å². The van der Waals surface area contributed by atoms with E-state index in [4.69, 9.17) is 14.2 Å². The lowest BCUT2D eigenvalue weighted by Crippen LogP contribution is -2.63. The first-order valence-corrected chi connectivity index (χ1v) is 9.20. The number of amides is 1. The van der Waals surface area contributed by atoms with E-state index in [1.807, 2.05) is 6.07 Å². The Morgan fingerprint density at radius 2 is 1.86 bits per heavy atom. The molecule has 1 aromatic rings. The summed E-state index contributed by atoms with van der Waals surface area (Å²) >= 11 is 0. The standard InChI is InChI=1S/C20H25NO8/c1-11(20(26)27-10-14-7-5-4-6-8-14)28-19-17(21-12(2)22)15(24)9-16(25)18(19)29-13(3)23/h4-8,11,15,17-19,24H,9-10H2,1-3H3,(H,21,22)/t11-,15+,17+,18-,19-/m1/s1. The molecule has 1 saturated carbocycles. The molecule has 2 rings (SSSR count). The second kappa shape index (κ2) is 10.1. The molecule has 0 unspecified atom stereocenters. The minimum absolute atomic E-state index is 0.0299. The van der Waals surface area contributed by atoms with E-state index in [1.165, 1.54) is 13.8 Å². The number of aliphatic hydroxyl groups excluding tert-OH is 1. The highest BCUT2D eigenvalue weighted by atomic mass is 16.6. The SMILES string of the molecule is CC(=O)N[C@@H]1[C@@H](O[C@H](C)C(=O)OCc2ccccc2)[C@H](OC(C)=O)C(=O)C[C@@H]1O. The molecule has 0 spiro atoms. The molecule has 0 saturated heterocycles. The van der Waals surface area contributed by atoms with Gasteiger partial charge in [-0.05, 0) is 12.5 Å². The third-order valence-electron chi connectivity index (χ3n) is 4.37. The van der Waals surface area contributed by atoms with Crippen molar-refractivity contribution >= 4 is 23.6 Å². The molecule has 1 aromatic carbocycles. The number of hydrogen-bond acceptors (Lipinski definition) is 8. The lowest BCUT2D eigenvalue weighted by Gasteiger charge is -2.40. The molecule has 158 valence electrons. The average Bonchev–Trinajstić information content (AvgIpc) is 2.66. The first kappa shape index (κ1) is 22.5. The summed E-state index contributed by atoms with van der Waals surface area (Å²) < 4.78 is 15.9. The normalized spacial score (nSPS) is 25.0. The van der Waals surface area contributed by atoms with E-state index in [0.717, 1.165) is 12.5 Å². The minimum atomic E-state index is -1.36. The van der Waals surface area contributed by atoms with Gasteiger partial charge in [0.2, 0.25) is 5.91 Å². The highest BCUT2D eigenvalue weighted by Crippen LogP contribution is 2.24. The van der Waals surface area contributed by atoms with Crippen LogP contribution in [-0.2, 0) is 40.0 Å². The van der Waals surface area contributed by atoms with E-state index in [9.17, 15) is 24.3 Å². The molecule has 0 bridgehead atoms. The summed E-state index contributed by atoms with van der Waals surface area (Å²) in [5.74, 6) is -2.47. The Morgan fingerprint density at radius 3 is 2.45 bits per heavy atom. The number of aliphatic hydroxyl groups is 1. The van der Waals surface area contributed by atoms with E-state index in [0.29, 0.717) is 0 Å². The van der Waals surface area contributed by atoms with Crippen molar-refractivity contribution in [3.63, 3.8) is 0 Å². The van der Waals surface area contributed by atoms with Crippen molar-refractivity contribution in [2.75, 3.05) is 0 Å². The number of benzene rings is 1. The predicted octanol–water partition coefficient (Wildman–Crippen LogP) is 0.274. The first-order chi connectivity index (χ1) is 13.7. The van der Waals surface area contributed by atoms with Gasteiger partial charge in [0.05, 0.1) is 12.1 Å². The Morgan fingerprint density at radius 1 is 1.21 bits per heavy atom. The average molecular weight is 407 g/mol. The van der Waals surface area contributed by atoms with Crippen molar-refractivity contribution in [3.05, 3.63) is 35.9 Å². The number of Topliss-reactive ketones (excluding diaryl/α,β-unsaturated/α-hetero) is 1. The van der Waals surface area contributed by atoms with Gasteiger partial charge in [-0.15, -0.1) is 0 Å². The fourth-order valence-corrected chi connectivity index (χ4v) is 3.06. The van der Waals surface area contributed by atoms with E-state index < -0.39 is 54.1 Å². The second-order valence-corrected chi connectivity index (χ2v) is 6.83. The molecular weight excluding hydrogens is 382 g/mol. The van der Waals surface area contributed by atoms with Crippen molar-refractivity contribution in [2.45, 2.75) is 64.3 Å². The molecule has 0 heterocycles. The van der Waals surface area contributed by atoms with Crippen LogP contribution < -0.4 is 5.32 Å². The van der Waals surface area contributed by atoms with E-state index >= 15 is 0 Å². The molecule has 9 nitrogen and oxygen atoms in total. The Balaban J connectivity index is 2.12. The van der Waals surface area contributed by atoms with Crippen molar-refractivity contribution in [1.82, 2.24) is 5.32 Å². The number of rotatable bonds is 7. The van der Waals surface area contributed by atoms with Gasteiger partial charge in [0, 0.05) is 20.3 Å². The molecule has 0 radical (unpaired) electrons. The summed E-state index contributed by atoms with van der Waals surface area (Å²) in [6, 6.07) is 7.98. The lowest BCUT2D eigenvalue weighted by molar-refractivity contribution is -0.188. The fourth-order valence-electron chi connectivity index (χ4n) is 3.06. The number of carbonyl (C=O) groups excluding carboxylic acids is 4. The number of hydrogen-bond donors (Lipinski definition) is 2. The largest absolute Gasteiger partial charge is 0.459 e. The summed E-state index contributed by atoms with van der Waals surface area (Å²) in [5, 5.41) is 12.7. The summed E-state index contributed by atoms with van der Waals surface area (Å²) in [4.78, 5) is 47.6. The predicted molar refractivity (Wildman–Crippen MR) is 99.4 cm³/mol. The van der Waals surface area contributed by atoms with Gasteiger partial charge in [-0.2, -0.15) is 0 Å². The summed E-state index contributed by atoms with van der Waals surface area (Å²) in [7, 11) is 0. The zero-order valence-corrected chi connectivity index (χ0v) is 16.5. The quantitative estimate of drug-likeness (QED) is 0.617. The Kier molecular flexibility index (Phi) is 7.86. The van der Waals surface area contributed by atoms with Crippen LogP contribution in [0.2, 0.25) is 0 Å². The smallest absolute Gasteiger partial charge is 0.335 e. The molecule has 29 heavy (non-hydrogen) atoms. The molecular formula is C20H25NO8. The number of ketones is 1. The summed E-state index contributed by atoms with van der Waals surface area (Å²) in [5.41, 5.74) is 0.783. The van der Waals surface area contributed by atoms with Crippen molar-refractivity contribution in [3.8, 4) is 0 Å². The topological polar surface area (TPSA) is 128 Å². The van der Waals surface area contributed by atoms with Gasteiger partial charge in [0.15, 0.2) is 18.0 Å². The maximum atomic E-state index is 12.3. The number of esters is 2. The maximum Gasteiger partial charge on any atom is 0.335 e. The molecule has 5 atom stereocenters. The Bertz CT molecular complexity index is 750. The van der Waals surface area contributed by atoms with Crippen LogP contribution in [-0.4, -0.2) is 59.2 Å². The monoisotopic (exact) mass is 407 g/mol. The molecule has 1 aliphatic carbocycles. The fraction of sp³-hybridized carbons (Fsp3) is 0.500. The van der Waals surface area contributed by atoms with Crippen LogP contribution in [0, 0.1) is 0 Å². The van der Waals surface area contributed by atoms with Crippen LogP contribution in [0.5, 0.6) is 0 Å². The maximum absolute atomic E-state index is 12.3. The van der Waals surface area contributed by atoms with Gasteiger partial charge < -0.3 is 24.6 Å². The highest BCUT2D eigenvalue weighted by Gasteiger charge is 2.48. The molecule has 1 amide bonds. The van der Waals surface area contributed by atoms with Crippen LogP contribution in [0.25, 0.3) is 0 Å². The zero-order chi connectivity index (χ0) is 21.6. The van der Waals surface area contributed by atoms with Crippen LogP contribution in [0.3, 0.4) is 0 Å². The Hall–Kier alpha value is -2.78. The van der Waals surface area contributed by atoms with E-state index in [2.05, 4.69) is 5.32 Å². The van der Waals surface area contributed by atoms with Gasteiger partial charge in [-0.25, -0.2) is 4.79 Å². The lowest BCUT2D eigenvalue weighted by atomic mass is 9.86. The van der Waals surface area contributed by atoms with Crippen molar-refractivity contribution in [2.24, 2.45) is 0 Å². The molecule has 1 aliphatic rings. The first-order valence-electron chi connectivity index (χ1n) is 9.20. The van der Waals surface area contributed by atoms with E-state index in [1.54, 1.807) is 24.3 Å². The van der Waals surface area contributed by atoms with Gasteiger partial charge in [0.25, 0.3) is 0 Å². The zero-order valence-electron chi connectivity index (χ0n) is 16.5. The molecule has 1 fully saturated rings. The molecule has 9 heteroatoms.